The van der Waals surface area contributed by atoms with Gasteiger partial charge in [-0.1, -0.05) is 30.3 Å². The van der Waals surface area contributed by atoms with Gasteiger partial charge in [-0.05, 0) is 41.0 Å². The molecule has 138 valence electrons. The Morgan fingerprint density at radius 2 is 1.63 bits per heavy atom. The number of rotatable bonds is 3. The van der Waals surface area contributed by atoms with Crippen molar-refractivity contribution in [3.8, 4) is 11.5 Å². The molecule has 7 nitrogen and oxygen atoms in total. The average Bonchev–Trinajstić information content (AvgIpc) is 2.61. The van der Waals surface area contributed by atoms with E-state index in [0.29, 0.717) is 11.1 Å². The van der Waals surface area contributed by atoms with Crippen LogP contribution >= 0.6 is 0 Å². The molecule has 0 saturated carbocycles. The van der Waals surface area contributed by atoms with E-state index in [1.807, 2.05) is 0 Å². The van der Waals surface area contributed by atoms with Crippen molar-refractivity contribution in [3.63, 3.8) is 0 Å². The summed E-state index contributed by atoms with van der Waals surface area (Å²) < 4.78 is 33.2. The Hall–Kier alpha value is -3.23. The topological polar surface area (TPSA) is 129 Å². The lowest BCUT2D eigenvalue weighted by atomic mass is 9.87. The molecule has 0 radical (unpaired) electrons. The molecule has 1 aliphatic carbocycles. The van der Waals surface area contributed by atoms with Crippen molar-refractivity contribution in [1.82, 2.24) is 0 Å². The second-order valence-electron chi connectivity index (χ2n) is 5.87. The van der Waals surface area contributed by atoms with Crippen LogP contribution in [-0.2, 0) is 19.7 Å². The molecule has 0 aliphatic heterocycles. The minimum atomic E-state index is -4.59. The van der Waals surface area contributed by atoms with Crippen LogP contribution in [0.5, 0.6) is 11.5 Å². The Morgan fingerprint density at radius 1 is 0.926 bits per heavy atom. The van der Waals surface area contributed by atoms with E-state index in [2.05, 4.69) is 0 Å². The number of phenolic OH excluding ortho intramolecular Hbond substituents is 2. The number of Topliss-reactive ketones (excluding diaryl/α,β-unsaturated/α-hetero) is 1. The van der Waals surface area contributed by atoms with Crippen LogP contribution in [0.4, 0.5) is 0 Å². The summed E-state index contributed by atoms with van der Waals surface area (Å²) in [5.74, 6) is -2.17. The number of benzene rings is 2. The van der Waals surface area contributed by atoms with Gasteiger partial charge in [0.2, 0.25) is 11.6 Å². The molecule has 8 heteroatoms. The van der Waals surface area contributed by atoms with E-state index in [4.69, 9.17) is 0 Å². The zero-order chi connectivity index (χ0) is 19.8. The number of allylic oxidation sites excluding steroid dienone is 3. The van der Waals surface area contributed by atoms with Gasteiger partial charge in [0, 0.05) is 12.0 Å². The number of hydrogen-bond acceptors (Lipinski definition) is 6. The van der Waals surface area contributed by atoms with E-state index in [-0.39, 0.29) is 23.3 Å². The normalized spacial score (nSPS) is 16.5. The molecule has 3 rings (SSSR count). The highest BCUT2D eigenvalue weighted by molar-refractivity contribution is 7.86. The molecule has 0 atom stereocenters. The van der Waals surface area contributed by atoms with Crippen molar-refractivity contribution in [2.24, 2.45) is 0 Å². The maximum atomic E-state index is 11.9. The van der Waals surface area contributed by atoms with Gasteiger partial charge in [-0.2, -0.15) is 8.42 Å². The van der Waals surface area contributed by atoms with Crippen molar-refractivity contribution in [1.29, 1.82) is 0 Å². The second kappa shape index (κ2) is 6.82. The lowest BCUT2D eigenvalue weighted by Crippen LogP contribution is -2.16. The zero-order valence-electron chi connectivity index (χ0n) is 13.8. The summed E-state index contributed by atoms with van der Waals surface area (Å²) >= 11 is 0. The fraction of sp³-hybridized carbons (Fsp3) is 0.0526. The summed E-state index contributed by atoms with van der Waals surface area (Å²) in [6.07, 6.45) is 2.20. The molecule has 0 bridgehead atoms. The maximum Gasteiger partial charge on any atom is 0.295 e. The van der Waals surface area contributed by atoms with Crippen molar-refractivity contribution in [2.75, 3.05) is 0 Å². The van der Waals surface area contributed by atoms with Gasteiger partial charge in [0.25, 0.3) is 10.1 Å². The first-order chi connectivity index (χ1) is 12.7. The van der Waals surface area contributed by atoms with Gasteiger partial charge in [-0.25, -0.2) is 0 Å². The molecular weight excluding hydrogens is 372 g/mol. The van der Waals surface area contributed by atoms with Crippen molar-refractivity contribution >= 4 is 27.3 Å². The SMILES string of the molecule is O=C1C=C/C(=C(\c2ccc(O)c(O)c2)c2ccccc2S(=O)(=O)O)CC1=O. The maximum absolute atomic E-state index is 11.9. The number of carbonyl (C=O) groups excluding carboxylic acids is 2. The third-order valence-electron chi connectivity index (χ3n) is 4.08. The monoisotopic (exact) mass is 386 g/mol. The molecule has 0 spiro atoms. The third kappa shape index (κ3) is 3.67. The fourth-order valence-corrected chi connectivity index (χ4v) is 3.55. The Balaban J connectivity index is 2.37. The van der Waals surface area contributed by atoms with E-state index >= 15 is 0 Å². The zero-order valence-corrected chi connectivity index (χ0v) is 14.6. The predicted molar refractivity (Wildman–Crippen MR) is 95.8 cm³/mol. The van der Waals surface area contributed by atoms with Crippen LogP contribution in [0, 0.1) is 0 Å². The van der Waals surface area contributed by atoms with Gasteiger partial charge in [0.05, 0.1) is 0 Å². The molecule has 2 aromatic rings. The highest BCUT2D eigenvalue weighted by Crippen LogP contribution is 2.37. The highest BCUT2D eigenvalue weighted by Gasteiger charge is 2.25. The van der Waals surface area contributed by atoms with Crippen molar-refractivity contribution in [2.45, 2.75) is 11.3 Å². The minimum Gasteiger partial charge on any atom is -0.504 e. The number of carbonyl (C=O) groups is 2. The summed E-state index contributed by atoms with van der Waals surface area (Å²) in [7, 11) is -4.59. The molecule has 0 aromatic heterocycles. The first kappa shape index (κ1) is 18.6. The minimum absolute atomic E-state index is 0.0897. The Bertz CT molecular complexity index is 1120. The predicted octanol–water partition coefficient (Wildman–Crippen LogP) is 2.24. The summed E-state index contributed by atoms with van der Waals surface area (Å²) in [5.41, 5.74) is 0.950. The quantitative estimate of drug-likeness (QED) is 0.419. The molecule has 1 aliphatic rings. The lowest BCUT2D eigenvalue weighted by Gasteiger charge is -2.18. The van der Waals surface area contributed by atoms with E-state index in [1.165, 1.54) is 42.5 Å². The van der Waals surface area contributed by atoms with Gasteiger partial charge in [0.15, 0.2) is 11.5 Å². The second-order valence-corrected chi connectivity index (χ2v) is 7.26. The number of aromatic hydroxyl groups is 2. The Labute approximate surface area is 154 Å². The van der Waals surface area contributed by atoms with Gasteiger partial charge in [0.1, 0.15) is 4.90 Å². The summed E-state index contributed by atoms with van der Waals surface area (Å²) in [6.45, 7) is 0. The fourth-order valence-electron chi connectivity index (χ4n) is 2.85. The first-order valence-electron chi connectivity index (χ1n) is 7.76. The standard InChI is InChI=1S/C19H14O7S/c20-14-7-5-11(9-16(14)22)19(12-6-8-15(21)17(23)10-12)13-3-1-2-4-18(13)27(24,25)26/h1-9,20,22H,10H2,(H,24,25,26)/b19-12-. The largest absolute Gasteiger partial charge is 0.504 e. The molecule has 0 amide bonds. The van der Waals surface area contributed by atoms with Crippen LogP contribution < -0.4 is 0 Å². The van der Waals surface area contributed by atoms with Gasteiger partial charge in [-0.15, -0.1) is 0 Å². The molecule has 0 unspecified atom stereocenters. The van der Waals surface area contributed by atoms with E-state index in [0.717, 1.165) is 6.08 Å². The van der Waals surface area contributed by atoms with Crippen molar-refractivity contribution < 1.29 is 32.8 Å². The molecule has 0 fully saturated rings. The van der Waals surface area contributed by atoms with Crippen LogP contribution in [0.2, 0.25) is 0 Å². The summed E-state index contributed by atoms with van der Waals surface area (Å²) in [5, 5.41) is 19.4. The molecule has 0 saturated heterocycles. The van der Waals surface area contributed by atoms with Gasteiger partial charge < -0.3 is 10.2 Å². The van der Waals surface area contributed by atoms with E-state index < -0.39 is 32.3 Å². The number of phenols is 2. The van der Waals surface area contributed by atoms with E-state index in [1.54, 1.807) is 6.07 Å². The van der Waals surface area contributed by atoms with Crippen LogP contribution in [-0.4, -0.2) is 34.8 Å². The summed E-state index contributed by atoms with van der Waals surface area (Å²) in [4.78, 5) is 23.0. The molecule has 0 heterocycles. The van der Waals surface area contributed by atoms with Gasteiger partial charge in [-0.3, -0.25) is 14.1 Å². The van der Waals surface area contributed by atoms with Gasteiger partial charge >= 0.3 is 0 Å². The van der Waals surface area contributed by atoms with Crippen LogP contribution in [0.1, 0.15) is 17.5 Å². The number of hydrogen-bond donors (Lipinski definition) is 3. The molecule has 27 heavy (non-hydrogen) atoms. The van der Waals surface area contributed by atoms with Crippen LogP contribution in [0.15, 0.2) is 65.1 Å². The third-order valence-corrected chi connectivity index (χ3v) is 4.99. The average molecular weight is 386 g/mol. The number of ketones is 2. The van der Waals surface area contributed by atoms with Crippen LogP contribution in [0.25, 0.3) is 5.57 Å². The summed E-state index contributed by atoms with van der Waals surface area (Å²) in [6, 6.07) is 9.44. The highest BCUT2D eigenvalue weighted by atomic mass is 32.2. The first-order valence-corrected chi connectivity index (χ1v) is 9.20. The van der Waals surface area contributed by atoms with E-state index in [9.17, 15) is 32.8 Å². The molecule has 2 aromatic carbocycles. The Morgan fingerprint density at radius 3 is 2.26 bits per heavy atom. The molecule has 3 N–H and O–H groups in total. The van der Waals surface area contributed by atoms with Crippen LogP contribution in [0.3, 0.4) is 0 Å². The lowest BCUT2D eigenvalue weighted by molar-refractivity contribution is -0.133. The smallest absolute Gasteiger partial charge is 0.295 e. The molecular formula is C19H14O7S. The Kier molecular flexibility index (Phi) is 4.69. The van der Waals surface area contributed by atoms with Crippen molar-refractivity contribution in [3.05, 3.63) is 71.3 Å².